The molecule has 0 aliphatic carbocycles. The zero-order chi connectivity index (χ0) is 20.9. The molecule has 6 heteroatoms. The first-order chi connectivity index (χ1) is 14.7. The summed E-state index contributed by atoms with van der Waals surface area (Å²) in [5.74, 6) is 1.22. The van der Waals surface area contributed by atoms with Gasteiger partial charge in [0.15, 0.2) is 0 Å². The monoisotopic (exact) mass is 407 g/mol. The van der Waals surface area contributed by atoms with Gasteiger partial charge in [-0.05, 0) is 52.3 Å². The molecule has 4 rings (SSSR count). The van der Waals surface area contributed by atoms with E-state index in [1.165, 1.54) is 25.9 Å². The second-order valence-electron chi connectivity index (χ2n) is 7.72. The molecule has 0 saturated carbocycles. The molecule has 0 radical (unpaired) electrons. The van der Waals surface area contributed by atoms with Crippen LogP contribution in [0, 0.1) is 6.92 Å². The van der Waals surface area contributed by atoms with Crippen molar-refractivity contribution in [1.29, 1.82) is 0 Å². The predicted octanol–water partition coefficient (Wildman–Crippen LogP) is 4.53. The number of ether oxygens (including phenoxy) is 2. The highest BCUT2D eigenvalue weighted by molar-refractivity contribution is 6.11. The molecule has 30 heavy (non-hydrogen) atoms. The molecular formula is C24H29N3O3. The lowest BCUT2D eigenvalue weighted by atomic mass is 10.0. The van der Waals surface area contributed by atoms with E-state index in [1.54, 1.807) is 0 Å². The Kier molecular flexibility index (Phi) is 6.33. The third-order valence-electron chi connectivity index (χ3n) is 5.72. The van der Waals surface area contributed by atoms with Gasteiger partial charge in [0.25, 0.3) is 6.47 Å². The van der Waals surface area contributed by atoms with Gasteiger partial charge in [0.05, 0.1) is 28.7 Å². The standard InChI is InChI=1S/C24H29N3O3/c1-3-25-23-18-9-4-5-10-19(18)26-20-15-21(17(2)24(22(20)23)30-16-28)29-14-8-13-27-11-6-7-12-27/h4-5,9-10,15-16H,3,6-8,11-14H2,1-2H3,(H,25,26). The van der Waals surface area contributed by atoms with Gasteiger partial charge in [-0.1, -0.05) is 18.2 Å². The van der Waals surface area contributed by atoms with Gasteiger partial charge in [0.1, 0.15) is 11.5 Å². The van der Waals surface area contributed by atoms with Gasteiger partial charge in [-0.2, -0.15) is 0 Å². The third kappa shape index (κ3) is 4.05. The minimum absolute atomic E-state index is 0.476. The number of rotatable bonds is 9. The molecule has 1 aliphatic heterocycles. The molecule has 1 saturated heterocycles. The normalized spacial score (nSPS) is 14.3. The Hall–Kier alpha value is -2.86. The maximum absolute atomic E-state index is 11.3. The fourth-order valence-electron chi connectivity index (χ4n) is 4.28. The molecule has 158 valence electrons. The molecule has 3 aromatic rings. The summed E-state index contributed by atoms with van der Waals surface area (Å²) in [5, 5.41) is 5.25. The van der Waals surface area contributed by atoms with Crippen molar-refractivity contribution < 1.29 is 14.3 Å². The lowest BCUT2D eigenvalue weighted by Crippen LogP contribution is -2.22. The van der Waals surface area contributed by atoms with Crippen molar-refractivity contribution in [2.45, 2.75) is 33.1 Å². The average molecular weight is 408 g/mol. The van der Waals surface area contributed by atoms with Crippen LogP contribution in [0.2, 0.25) is 0 Å². The van der Waals surface area contributed by atoms with E-state index in [0.29, 0.717) is 24.6 Å². The van der Waals surface area contributed by atoms with Crippen LogP contribution in [0.15, 0.2) is 30.3 Å². The van der Waals surface area contributed by atoms with Gasteiger partial charge < -0.3 is 19.7 Å². The number of hydrogen-bond acceptors (Lipinski definition) is 6. The number of nitrogens with one attached hydrogen (secondary N) is 1. The molecule has 0 atom stereocenters. The Labute approximate surface area is 177 Å². The van der Waals surface area contributed by atoms with Gasteiger partial charge in [0.2, 0.25) is 0 Å². The maximum atomic E-state index is 11.3. The number of benzene rings is 2. The van der Waals surface area contributed by atoms with E-state index in [0.717, 1.165) is 52.6 Å². The van der Waals surface area contributed by atoms with E-state index in [-0.39, 0.29) is 0 Å². The molecule has 0 bridgehead atoms. The number of para-hydroxylation sites is 1. The minimum atomic E-state index is 0.476. The molecule has 1 aromatic heterocycles. The first kappa shape index (κ1) is 20.4. The highest BCUT2D eigenvalue weighted by Gasteiger charge is 2.19. The van der Waals surface area contributed by atoms with E-state index in [9.17, 15) is 4.79 Å². The highest BCUT2D eigenvalue weighted by atomic mass is 16.5. The van der Waals surface area contributed by atoms with Gasteiger partial charge in [0, 0.05) is 30.1 Å². The Morgan fingerprint density at radius 3 is 2.77 bits per heavy atom. The molecule has 0 amide bonds. The fourth-order valence-corrected chi connectivity index (χ4v) is 4.28. The van der Waals surface area contributed by atoms with Gasteiger partial charge in [-0.3, -0.25) is 4.79 Å². The van der Waals surface area contributed by atoms with E-state index < -0.39 is 0 Å². The minimum Gasteiger partial charge on any atom is -0.493 e. The number of nitrogens with zero attached hydrogens (tertiary/aromatic N) is 2. The molecule has 1 fully saturated rings. The number of aromatic nitrogens is 1. The summed E-state index contributed by atoms with van der Waals surface area (Å²) < 4.78 is 11.6. The van der Waals surface area contributed by atoms with Crippen molar-refractivity contribution in [3.63, 3.8) is 0 Å². The summed E-state index contributed by atoms with van der Waals surface area (Å²) in [7, 11) is 0. The fraction of sp³-hybridized carbons (Fsp3) is 0.417. The van der Waals surface area contributed by atoms with Crippen molar-refractivity contribution in [1.82, 2.24) is 9.88 Å². The lowest BCUT2D eigenvalue weighted by molar-refractivity contribution is -0.120. The van der Waals surface area contributed by atoms with E-state index in [1.807, 2.05) is 44.2 Å². The lowest BCUT2D eigenvalue weighted by Gasteiger charge is -2.19. The molecule has 1 aliphatic rings. The Morgan fingerprint density at radius 2 is 2.00 bits per heavy atom. The molecule has 0 spiro atoms. The molecule has 6 nitrogen and oxygen atoms in total. The first-order valence-corrected chi connectivity index (χ1v) is 10.8. The molecule has 0 unspecified atom stereocenters. The van der Waals surface area contributed by atoms with Crippen LogP contribution in [-0.4, -0.2) is 49.1 Å². The van der Waals surface area contributed by atoms with Crippen LogP contribution in [0.3, 0.4) is 0 Å². The third-order valence-corrected chi connectivity index (χ3v) is 5.72. The second kappa shape index (κ2) is 9.30. The summed E-state index contributed by atoms with van der Waals surface area (Å²) in [6.07, 6.45) is 3.56. The zero-order valence-electron chi connectivity index (χ0n) is 17.7. The SMILES string of the molecule is CCNc1c2ccccc2nc2cc(OCCCN3CCCC3)c(C)c(OC=O)c12. The summed E-state index contributed by atoms with van der Waals surface area (Å²) in [5.41, 5.74) is 3.38. The molecular weight excluding hydrogens is 378 g/mol. The van der Waals surface area contributed by atoms with Crippen molar-refractivity contribution in [3.8, 4) is 11.5 Å². The van der Waals surface area contributed by atoms with Gasteiger partial charge >= 0.3 is 0 Å². The predicted molar refractivity (Wildman–Crippen MR) is 121 cm³/mol. The Balaban J connectivity index is 1.72. The van der Waals surface area contributed by atoms with Gasteiger partial charge in [-0.25, -0.2) is 4.98 Å². The Morgan fingerprint density at radius 1 is 1.20 bits per heavy atom. The van der Waals surface area contributed by atoms with Crippen molar-refractivity contribution in [2.75, 3.05) is 38.1 Å². The molecule has 2 heterocycles. The summed E-state index contributed by atoms with van der Waals surface area (Å²) in [6.45, 7) is 9.26. The number of hydrogen-bond donors (Lipinski definition) is 1. The first-order valence-electron chi connectivity index (χ1n) is 10.8. The van der Waals surface area contributed by atoms with Crippen LogP contribution < -0.4 is 14.8 Å². The average Bonchev–Trinajstić information content (AvgIpc) is 3.27. The number of fused-ring (bicyclic) bond motifs is 2. The number of carbonyl (C=O) groups is 1. The van der Waals surface area contributed by atoms with Crippen molar-refractivity contribution >= 4 is 34.0 Å². The summed E-state index contributed by atoms with van der Waals surface area (Å²) >= 11 is 0. The van der Waals surface area contributed by atoms with Gasteiger partial charge in [-0.15, -0.1) is 0 Å². The van der Waals surface area contributed by atoms with Crippen LogP contribution in [0.5, 0.6) is 11.5 Å². The maximum Gasteiger partial charge on any atom is 0.298 e. The van der Waals surface area contributed by atoms with Crippen LogP contribution in [0.4, 0.5) is 5.69 Å². The number of carbonyl (C=O) groups excluding carboxylic acids is 1. The topological polar surface area (TPSA) is 63.7 Å². The second-order valence-corrected chi connectivity index (χ2v) is 7.72. The smallest absolute Gasteiger partial charge is 0.298 e. The van der Waals surface area contributed by atoms with Crippen molar-refractivity contribution in [3.05, 3.63) is 35.9 Å². The largest absolute Gasteiger partial charge is 0.493 e. The Bertz CT molecular complexity index is 1040. The van der Waals surface area contributed by atoms with E-state index >= 15 is 0 Å². The highest BCUT2D eigenvalue weighted by Crippen LogP contribution is 2.42. The number of anilines is 1. The molecule has 2 aromatic carbocycles. The summed E-state index contributed by atoms with van der Waals surface area (Å²) in [4.78, 5) is 18.6. The summed E-state index contributed by atoms with van der Waals surface area (Å²) in [6, 6.07) is 9.95. The van der Waals surface area contributed by atoms with E-state index in [2.05, 4.69) is 10.2 Å². The van der Waals surface area contributed by atoms with Crippen LogP contribution in [0.25, 0.3) is 21.8 Å². The van der Waals surface area contributed by atoms with E-state index in [4.69, 9.17) is 14.5 Å². The van der Waals surface area contributed by atoms with Crippen LogP contribution >= 0.6 is 0 Å². The zero-order valence-corrected chi connectivity index (χ0v) is 17.7. The quantitative estimate of drug-likeness (QED) is 0.319. The number of pyridine rings is 1. The molecule has 1 N–H and O–H groups in total. The van der Waals surface area contributed by atoms with Crippen LogP contribution in [-0.2, 0) is 4.79 Å². The van der Waals surface area contributed by atoms with Crippen LogP contribution in [0.1, 0.15) is 31.7 Å². The van der Waals surface area contributed by atoms with Crippen molar-refractivity contribution in [2.24, 2.45) is 0 Å². The number of likely N-dealkylation sites (tertiary alicyclic amines) is 1.